The van der Waals surface area contributed by atoms with E-state index in [2.05, 4.69) is 9.71 Å². The van der Waals surface area contributed by atoms with Crippen molar-refractivity contribution in [2.24, 2.45) is 0 Å². The number of aromatic nitrogens is 1. The van der Waals surface area contributed by atoms with E-state index in [0.717, 1.165) is 11.3 Å². The smallest absolute Gasteiger partial charge is 0.348 e. The van der Waals surface area contributed by atoms with Crippen molar-refractivity contribution in [2.75, 3.05) is 4.72 Å². The van der Waals surface area contributed by atoms with E-state index in [-0.39, 0.29) is 15.5 Å². The first-order valence-electron chi connectivity index (χ1n) is 4.89. The molecule has 0 aliphatic heterocycles. The Kier molecular flexibility index (Phi) is 3.14. The lowest BCUT2D eigenvalue weighted by Gasteiger charge is -2.07. The van der Waals surface area contributed by atoms with E-state index in [1.807, 2.05) is 0 Å². The molecule has 0 saturated carbocycles. The molecule has 8 heteroatoms. The van der Waals surface area contributed by atoms with Crippen LogP contribution < -0.4 is 4.72 Å². The highest BCUT2D eigenvalue weighted by Gasteiger charge is 2.21. The van der Waals surface area contributed by atoms with Gasteiger partial charge in [-0.3, -0.25) is 4.72 Å². The number of hydrogen-bond acceptors (Lipinski definition) is 4. The number of aromatic amines is 1. The van der Waals surface area contributed by atoms with Gasteiger partial charge in [-0.25, -0.2) is 13.2 Å². The number of thiophene rings is 1. The second-order valence-electron chi connectivity index (χ2n) is 3.58. The van der Waals surface area contributed by atoms with Gasteiger partial charge in [-0.2, -0.15) is 0 Å². The Morgan fingerprint density at radius 3 is 2.78 bits per heavy atom. The molecule has 18 heavy (non-hydrogen) atoms. The van der Waals surface area contributed by atoms with Crippen LogP contribution in [0.3, 0.4) is 0 Å². The molecule has 6 nitrogen and oxygen atoms in total. The zero-order valence-corrected chi connectivity index (χ0v) is 10.9. The summed E-state index contributed by atoms with van der Waals surface area (Å²) in [5, 5.41) is 10.6. The van der Waals surface area contributed by atoms with Crippen LogP contribution in [0.2, 0.25) is 0 Å². The van der Waals surface area contributed by atoms with Gasteiger partial charge < -0.3 is 10.1 Å². The number of H-pyrrole nitrogens is 1. The lowest BCUT2D eigenvalue weighted by Crippen LogP contribution is -2.14. The van der Waals surface area contributed by atoms with E-state index < -0.39 is 16.0 Å². The number of carbonyl (C=O) groups is 1. The molecular formula is C10H10N2O4S2. The summed E-state index contributed by atoms with van der Waals surface area (Å²) in [6.45, 7) is 1.65. The third kappa shape index (κ3) is 2.24. The molecule has 0 amide bonds. The molecule has 3 N–H and O–H groups in total. The summed E-state index contributed by atoms with van der Waals surface area (Å²) in [6, 6.07) is 1.39. The molecule has 0 saturated heterocycles. The minimum atomic E-state index is -3.76. The molecule has 0 fully saturated rings. The second-order valence-corrected chi connectivity index (χ2v) is 6.14. The molecule has 0 radical (unpaired) electrons. The summed E-state index contributed by atoms with van der Waals surface area (Å²) < 4.78 is 26.2. The summed E-state index contributed by atoms with van der Waals surface area (Å²) in [6.07, 6.45) is 2.80. The number of carboxylic acid groups (broad SMARTS) is 1. The third-order valence-corrected chi connectivity index (χ3v) is 4.72. The molecule has 0 aliphatic carbocycles. The number of sulfonamides is 1. The average molecular weight is 286 g/mol. The van der Waals surface area contributed by atoms with Gasteiger partial charge in [0.05, 0.1) is 5.69 Å². The molecular weight excluding hydrogens is 276 g/mol. The number of nitrogens with one attached hydrogen (secondary N) is 2. The molecule has 0 bridgehead atoms. The topological polar surface area (TPSA) is 99.3 Å². The summed E-state index contributed by atoms with van der Waals surface area (Å²) in [7, 11) is -3.76. The average Bonchev–Trinajstić information content (AvgIpc) is 2.89. The maximum absolute atomic E-state index is 12.0. The number of hydrogen-bond donors (Lipinski definition) is 3. The highest BCUT2D eigenvalue weighted by molar-refractivity contribution is 7.92. The Morgan fingerprint density at radius 1 is 1.50 bits per heavy atom. The first-order chi connectivity index (χ1) is 8.42. The minimum absolute atomic E-state index is 0.0217. The molecule has 2 aromatic rings. The SMILES string of the molecule is Cc1csc(C(=O)O)c1NS(=O)(=O)c1cc[nH]c1. The van der Waals surface area contributed by atoms with Crippen LogP contribution in [0.1, 0.15) is 15.2 Å². The van der Waals surface area contributed by atoms with E-state index in [4.69, 9.17) is 5.11 Å². The largest absolute Gasteiger partial charge is 0.477 e. The molecule has 0 aliphatic rings. The van der Waals surface area contributed by atoms with Crippen LogP contribution in [0.4, 0.5) is 5.69 Å². The summed E-state index contributed by atoms with van der Waals surface area (Å²) in [4.78, 5) is 13.6. The number of aromatic carboxylic acids is 1. The van der Waals surface area contributed by atoms with Crippen LogP contribution in [0.15, 0.2) is 28.7 Å². The summed E-state index contributed by atoms with van der Waals surface area (Å²) in [5.74, 6) is -1.15. The Balaban J connectivity index is 2.41. The summed E-state index contributed by atoms with van der Waals surface area (Å²) >= 11 is 0.988. The van der Waals surface area contributed by atoms with Crippen molar-refractivity contribution in [1.29, 1.82) is 0 Å². The lowest BCUT2D eigenvalue weighted by molar-refractivity contribution is 0.0703. The van der Waals surface area contributed by atoms with Gasteiger partial charge in [0.1, 0.15) is 9.77 Å². The summed E-state index contributed by atoms with van der Waals surface area (Å²) in [5.41, 5.74) is 0.699. The van der Waals surface area contributed by atoms with Crippen LogP contribution in [0, 0.1) is 6.92 Å². The van der Waals surface area contributed by atoms with Crippen molar-refractivity contribution in [2.45, 2.75) is 11.8 Å². The van der Waals surface area contributed by atoms with Gasteiger partial charge in [0.25, 0.3) is 10.0 Å². The van der Waals surface area contributed by atoms with Gasteiger partial charge >= 0.3 is 5.97 Å². The fraction of sp³-hybridized carbons (Fsp3) is 0.100. The van der Waals surface area contributed by atoms with Crippen molar-refractivity contribution in [3.8, 4) is 0 Å². The number of carboxylic acids is 1. The quantitative estimate of drug-likeness (QED) is 0.799. The Labute approximate surface area is 107 Å². The van der Waals surface area contributed by atoms with Crippen molar-refractivity contribution < 1.29 is 18.3 Å². The number of anilines is 1. The van der Waals surface area contributed by atoms with E-state index >= 15 is 0 Å². The number of aryl methyl sites for hydroxylation is 1. The van der Waals surface area contributed by atoms with Crippen molar-refractivity contribution in [3.05, 3.63) is 34.3 Å². The van der Waals surface area contributed by atoms with Gasteiger partial charge in [0.15, 0.2) is 0 Å². The van der Waals surface area contributed by atoms with E-state index in [0.29, 0.717) is 5.56 Å². The van der Waals surface area contributed by atoms with Crippen LogP contribution in [0.5, 0.6) is 0 Å². The van der Waals surface area contributed by atoms with Gasteiger partial charge in [0.2, 0.25) is 0 Å². The highest BCUT2D eigenvalue weighted by atomic mass is 32.2. The lowest BCUT2D eigenvalue weighted by atomic mass is 10.3. The predicted octanol–water partition coefficient (Wildman–Crippen LogP) is 1.88. The van der Waals surface area contributed by atoms with E-state index in [1.165, 1.54) is 18.5 Å². The second kappa shape index (κ2) is 4.46. The van der Waals surface area contributed by atoms with E-state index in [1.54, 1.807) is 12.3 Å². The molecule has 0 aromatic carbocycles. The fourth-order valence-electron chi connectivity index (χ4n) is 1.40. The fourth-order valence-corrected chi connectivity index (χ4v) is 3.43. The van der Waals surface area contributed by atoms with Gasteiger partial charge in [-0.05, 0) is 23.9 Å². The number of rotatable bonds is 4. The Morgan fingerprint density at radius 2 is 2.22 bits per heavy atom. The predicted molar refractivity (Wildman–Crippen MR) is 67.6 cm³/mol. The van der Waals surface area contributed by atoms with Crippen LogP contribution in [-0.4, -0.2) is 24.5 Å². The Hall–Kier alpha value is -1.80. The zero-order chi connectivity index (χ0) is 13.3. The third-order valence-electron chi connectivity index (χ3n) is 2.29. The normalized spacial score (nSPS) is 11.4. The van der Waals surface area contributed by atoms with Crippen LogP contribution in [-0.2, 0) is 10.0 Å². The molecule has 0 unspecified atom stereocenters. The Bertz CT molecular complexity index is 671. The zero-order valence-electron chi connectivity index (χ0n) is 9.30. The van der Waals surface area contributed by atoms with Crippen molar-refractivity contribution in [1.82, 2.24) is 4.98 Å². The molecule has 0 spiro atoms. The van der Waals surface area contributed by atoms with Gasteiger partial charge in [-0.1, -0.05) is 0 Å². The highest BCUT2D eigenvalue weighted by Crippen LogP contribution is 2.29. The van der Waals surface area contributed by atoms with Crippen LogP contribution >= 0.6 is 11.3 Å². The maximum atomic E-state index is 12.0. The molecule has 2 heterocycles. The minimum Gasteiger partial charge on any atom is -0.477 e. The first kappa shape index (κ1) is 12.7. The van der Waals surface area contributed by atoms with Gasteiger partial charge in [0, 0.05) is 12.4 Å². The van der Waals surface area contributed by atoms with Crippen molar-refractivity contribution in [3.63, 3.8) is 0 Å². The molecule has 96 valence electrons. The first-order valence-corrected chi connectivity index (χ1v) is 7.25. The molecule has 2 aromatic heterocycles. The van der Waals surface area contributed by atoms with Crippen molar-refractivity contribution >= 4 is 33.0 Å². The monoisotopic (exact) mass is 286 g/mol. The molecule has 0 atom stereocenters. The van der Waals surface area contributed by atoms with Gasteiger partial charge in [-0.15, -0.1) is 11.3 Å². The maximum Gasteiger partial charge on any atom is 0.348 e. The van der Waals surface area contributed by atoms with E-state index in [9.17, 15) is 13.2 Å². The standard InChI is InChI=1S/C10H10N2O4S2/c1-6-5-17-9(10(13)14)8(6)12-18(15,16)7-2-3-11-4-7/h2-5,11-12H,1H3,(H,13,14). The van der Waals surface area contributed by atoms with Crippen LogP contribution in [0.25, 0.3) is 0 Å². The molecule has 2 rings (SSSR count).